The van der Waals surface area contributed by atoms with Crippen molar-refractivity contribution in [2.75, 3.05) is 18.6 Å². The van der Waals surface area contributed by atoms with Crippen LogP contribution in [-0.4, -0.2) is 27.8 Å². The summed E-state index contributed by atoms with van der Waals surface area (Å²) < 4.78 is 1.73. The van der Waals surface area contributed by atoms with Gasteiger partial charge in [-0.05, 0) is 17.7 Å². The first kappa shape index (κ1) is 14.8. The van der Waals surface area contributed by atoms with Crippen molar-refractivity contribution in [1.82, 2.24) is 14.5 Å². The van der Waals surface area contributed by atoms with Crippen LogP contribution in [0.15, 0.2) is 22.1 Å². The van der Waals surface area contributed by atoms with Crippen molar-refractivity contribution in [3.63, 3.8) is 0 Å². The van der Waals surface area contributed by atoms with E-state index in [1.54, 1.807) is 16.7 Å². The molecule has 0 aliphatic rings. The van der Waals surface area contributed by atoms with E-state index in [-0.39, 0.29) is 11.0 Å². The molecule has 0 atom stereocenters. The van der Waals surface area contributed by atoms with Crippen LogP contribution in [0.3, 0.4) is 0 Å². The number of hydrogen-bond donors (Lipinski definition) is 1. The Morgan fingerprint density at radius 1 is 1.30 bits per heavy atom. The normalized spacial score (nSPS) is 11.8. The van der Waals surface area contributed by atoms with E-state index in [1.165, 1.54) is 11.8 Å². The number of nitrogens with one attached hydrogen (secondary N) is 1. The Hall–Kier alpha value is -1.56. The molecule has 20 heavy (non-hydrogen) atoms. The molecule has 0 unspecified atom stereocenters. The lowest BCUT2D eigenvalue weighted by atomic mass is 9.97. The summed E-state index contributed by atoms with van der Waals surface area (Å²) in [4.78, 5) is 21.1. The van der Waals surface area contributed by atoms with Gasteiger partial charge in [0.1, 0.15) is 11.5 Å². The fourth-order valence-electron chi connectivity index (χ4n) is 2.05. The number of hydrogen-bond acceptors (Lipinski definition) is 5. The van der Waals surface area contributed by atoms with Gasteiger partial charge in [-0.15, -0.1) is 0 Å². The zero-order chi connectivity index (χ0) is 14.9. The quantitative estimate of drug-likeness (QED) is 0.696. The van der Waals surface area contributed by atoms with Gasteiger partial charge in [0.25, 0.3) is 5.56 Å². The lowest BCUT2D eigenvalue weighted by Crippen LogP contribution is -2.27. The Bertz CT molecular complexity index is 688. The van der Waals surface area contributed by atoms with Crippen LogP contribution in [0.25, 0.3) is 11.0 Å². The highest BCUT2D eigenvalue weighted by Crippen LogP contribution is 2.24. The first-order valence-corrected chi connectivity index (χ1v) is 7.71. The zero-order valence-electron chi connectivity index (χ0n) is 12.5. The average molecular weight is 292 g/mol. The first-order valence-electron chi connectivity index (χ1n) is 6.49. The van der Waals surface area contributed by atoms with Crippen LogP contribution in [0.1, 0.15) is 20.8 Å². The van der Waals surface area contributed by atoms with Gasteiger partial charge in [0.15, 0.2) is 5.16 Å². The van der Waals surface area contributed by atoms with Gasteiger partial charge in [0.2, 0.25) is 0 Å². The molecule has 0 saturated carbocycles. The lowest BCUT2D eigenvalue weighted by molar-refractivity contribution is 0.343. The summed E-state index contributed by atoms with van der Waals surface area (Å²) in [5, 5.41) is 4.61. The van der Waals surface area contributed by atoms with Crippen LogP contribution < -0.4 is 10.9 Å². The lowest BCUT2D eigenvalue weighted by Gasteiger charge is -2.21. The molecule has 2 rings (SSSR count). The molecule has 0 radical (unpaired) electrons. The monoisotopic (exact) mass is 292 g/mol. The minimum atomic E-state index is -0.0276. The summed E-state index contributed by atoms with van der Waals surface area (Å²) in [6, 6.07) is 3.36. The summed E-state index contributed by atoms with van der Waals surface area (Å²) in [5.41, 5.74) is 0.666. The van der Waals surface area contributed by atoms with E-state index in [0.717, 1.165) is 11.2 Å². The van der Waals surface area contributed by atoms with E-state index < -0.39 is 0 Å². The summed E-state index contributed by atoms with van der Waals surface area (Å²) in [6.45, 7) is 6.94. The molecular weight excluding hydrogens is 272 g/mol. The smallest absolute Gasteiger partial charge is 0.252 e. The summed E-state index contributed by atoms with van der Waals surface area (Å²) in [6.07, 6.45) is 1.93. The van der Waals surface area contributed by atoms with Crippen molar-refractivity contribution in [2.45, 2.75) is 32.5 Å². The molecule has 0 spiro atoms. The highest BCUT2D eigenvalue weighted by atomic mass is 32.2. The number of anilines is 1. The fraction of sp³-hybridized carbons (Fsp3) is 0.500. The number of rotatable bonds is 3. The van der Waals surface area contributed by atoms with E-state index >= 15 is 0 Å². The third-order valence-electron chi connectivity index (χ3n) is 2.87. The molecule has 0 aliphatic heterocycles. The first-order chi connectivity index (χ1) is 9.35. The highest BCUT2D eigenvalue weighted by Gasteiger charge is 2.17. The van der Waals surface area contributed by atoms with Crippen molar-refractivity contribution in [1.29, 1.82) is 0 Å². The van der Waals surface area contributed by atoms with E-state index in [0.29, 0.717) is 17.3 Å². The molecule has 2 aromatic rings. The van der Waals surface area contributed by atoms with Gasteiger partial charge >= 0.3 is 0 Å². The molecule has 2 aromatic heterocycles. The Morgan fingerprint density at radius 2 is 2.00 bits per heavy atom. The molecule has 0 amide bonds. The average Bonchev–Trinajstić information content (AvgIpc) is 2.39. The maximum atomic E-state index is 12.2. The van der Waals surface area contributed by atoms with Crippen molar-refractivity contribution < 1.29 is 0 Å². The highest BCUT2D eigenvalue weighted by molar-refractivity contribution is 7.98. The van der Waals surface area contributed by atoms with Crippen molar-refractivity contribution in [3.05, 3.63) is 22.5 Å². The largest absolute Gasteiger partial charge is 0.372 e. The van der Waals surface area contributed by atoms with Gasteiger partial charge < -0.3 is 5.32 Å². The molecule has 0 aromatic carbocycles. The van der Waals surface area contributed by atoms with E-state index in [2.05, 4.69) is 36.1 Å². The van der Waals surface area contributed by atoms with Crippen LogP contribution in [0, 0.1) is 5.41 Å². The van der Waals surface area contributed by atoms with E-state index in [9.17, 15) is 4.79 Å². The van der Waals surface area contributed by atoms with Gasteiger partial charge in [-0.1, -0.05) is 32.5 Å². The number of aromatic nitrogens is 3. The molecule has 2 heterocycles. The van der Waals surface area contributed by atoms with Gasteiger partial charge in [0.05, 0.1) is 5.39 Å². The number of thioether (sulfide) groups is 1. The van der Waals surface area contributed by atoms with Gasteiger partial charge in [-0.3, -0.25) is 9.36 Å². The third-order valence-corrected chi connectivity index (χ3v) is 3.42. The second-order valence-corrected chi connectivity index (χ2v) is 6.64. The number of pyridine rings is 1. The van der Waals surface area contributed by atoms with Gasteiger partial charge in [0, 0.05) is 19.7 Å². The minimum Gasteiger partial charge on any atom is -0.372 e. The predicted octanol–water partition coefficient (Wildman–Crippen LogP) is 2.60. The second-order valence-electron chi connectivity index (χ2n) is 5.86. The molecule has 1 N–H and O–H groups in total. The van der Waals surface area contributed by atoms with Crippen molar-refractivity contribution in [3.8, 4) is 0 Å². The minimum absolute atomic E-state index is 0.00237. The molecule has 108 valence electrons. The van der Waals surface area contributed by atoms with E-state index in [1.807, 2.05) is 13.3 Å². The fourth-order valence-corrected chi connectivity index (χ4v) is 2.42. The zero-order valence-corrected chi connectivity index (χ0v) is 13.3. The third kappa shape index (κ3) is 2.95. The van der Waals surface area contributed by atoms with Crippen LogP contribution in [0.4, 0.5) is 5.82 Å². The standard InChI is InChI=1S/C14H20N4OS/c1-14(2,3)8-18-10(19)7-6-9-11(15-4)16-13(20-5)17-12(9)18/h6-7H,8H2,1-5H3,(H,15,16,17). The van der Waals surface area contributed by atoms with Crippen molar-refractivity contribution in [2.24, 2.45) is 5.41 Å². The molecular formula is C14H20N4OS. The molecule has 0 saturated heterocycles. The Balaban J connectivity index is 2.78. The molecule has 0 fully saturated rings. The van der Waals surface area contributed by atoms with E-state index in [4.69, 9.17) is 0 Å². The predicted molar refractivity (Wildman–Crippen MR) is 84.6 cm³/mol. The van der Waals surface area contributed by atoms with Crippen LogP contribution in [0.5, 0.6) is 0 Å². The number of nitrogens with zero attached hydrogens (tertiary/aromatic N) is 3. The Kier molecular flexibility index (Phi) is 4.04. The van der Waals surface area contributed by atoms with Gasteiger partial charge in [-0.2, -0.15) is 0 Å². The van der Waals surface area contributed by atoms with Crippen LogP contribution >= 0.6 is 11.8 Å². The van der Waals surface area contributed by atoms with Crippen molar-refractivity contribution >= 4 is 28.6 Å². The maximum absolute atomic E-state index is 12.2. The molecule has 6 heteroatoms. The SMILES string of the molecule is CNc1nc(SC)nc2c1ccc(=O)n2CC(C)(C)C. The molecule has 5 nitrogen and oxygen atoms in total. The summed E-state index contributed by atoms with van der Waals surface area (Å²) in [7, 11) is 1.82. The Labute approximate surface area is 122 Å². The van der Waals surface area contributed by atoms with Gasteiger partial charge in [-0.25, -0.2) is 9.97 Å². The molecule has 0 aliphatic carbocycles. The maximum Gasteiger partial charge on any atom is 0.252 e. The topological polar surface area (TPSA) is 59.8 Å². The van der Waals surface area contributed by atoms with Crippen LogP contribution in [-0.2, 0) is 6.54 Å². The summed E-state index contributed by atoms with van der Waals surface area (Å²) in [5.74, 6) is 0.752. The molecule has 0 bridgehead atoms. The summed E-state index contributed by atoms with van der Waals surface area (Å²) >= 11 is 1.47. The Morgan fingerprint density at radius 3 is 2.55 bits per heavy atom. The second kappa shape index (κ2) is 5.44. The van der Waals surface area contributed by atoms with Crippen LogP contribution in [0.2, 0.25) is 0 Å². The number of fused-ring (bicyclic) bond motifs is 1.